The van der Waals surface area contributed by atoms with Gasteiger partial charge in [0, 0.05) is 24.2 Å². The minimum Gasteiger partial charge on any atom is -0.344 e. The van der Waals surface area contributed by atoms with Crippen molar-refractivity contribution in [1.82, 2.24) is 35.0 Å². The zero-order valence-electron chi connectivity index (χ0n) is 17.9. The first-order valence-corrected chi connectivity index (χ1v) is 9.96. The zero-order valence-corrected chi connectivity index (χ0v) is 17.9. The van der Waals surface area contributed by atoms with Gasteiger partial charge in [0.1, 0.15) is 12.1 Å². The predicted octanol–water partition coefficient (Wildman–Crippen LogP) is 4.08. The van der Waals surface area contributed by atoms with Crippen LogP contribution < -0.4 is 5.32 Å². The van der Waals surface area contributed by atoms with Gasteiger partial charge in [-0.05, 0) is 37.6 Å². The first kappa shape index (κ1) is 23.0. The number of rotatable bonds is 5. The summed E-state index contributed by atoms with van der Waals surface area (Å²) in [5.74, 6) is -3.13. The van der Waals surface area contributed by atoms with Crippen LogP contribution in [0.3, 0.4) is 0 Å². The summed E-state index contributed by atoms with van der Waals surface area (Å²) >= 11 is 0. The number of nitrogens with one attached hydrogen (secondary N) is 1. The molecule has 0 aliphatic heterocycles. The molecule has 0 saturated carbocycles. The Morgan fingerprint density at radius 3 is 2.53 bits per heavy atom. The van der Waals surface area contributed by atoms with E-state index in [1.54, 1.807) is 19.9 Å². The molecule has 4 aromatic rings. The molecule has 0 bridgehead atoms. The fourth-order valence-corrected chi connectivity index (χ4v) is 3.22. The number of hydrogen-bond acceptors (Lipinski definition) is 6. The predicted molar refractivity (Wildman–Crippen MR) is 112 cm³/mol. The summed E-state index contributed by atoms with van der Waals surface area (Å²) in [6, 6.07) is 4.64. The Morgan fingerprint density at radius 1 is 1.09 bits per heavy atom. The molecular formula is C22H17F4N7O. The maximum Gasteiger partial charge on any atom is 0.451 e. The maximum absolute atomic E-state index is 15.5. The van der Waals surface area contributed by atoms with E-state index >= 15 is 4.39 Å². The van der Waals surface area contributed by atoms with Crippen molar-refractivity contribution < 1.29 is 22.4 Å². The van der Waals surface area contributed by atoms with Crippen LogP contribution in [0.2, 0.25) is 0 Å². The zero-order chi connectivity index (χ0) is 24.5. The number of carbonyl (C=O) groups is 1. The Morgan fingerprint density at radius 2 is 1.88 bits per heavy atom. The number of benzene rings is 1. The van der Waals surface area contributed by atoms with Gasteiger partial charge in [0.25, 0.3) is 5.91 Å². The average Bonchev–Trinajstić information content (AvgIpc) is 3.31. The van der Waals surface area contributed by atoms with Gasteiger partial charge >= 0.3 is 6.18 Å². The van der Waals surface area contributed by atoms with Crippen LogP contribution in [0.1, 0.15) is 40.4 Å². The summed E-state index contributed by atoms with van der Waals surface area (Å²) in [6.07, 6.45) is 1.71. The monoisotopic (exact) mass is 471 g/mol. The Hall–Kier alpha value is -4.22. The van der Waals surface area contributed by atoms with E-state index in [0.717, 1.165) is 24.0 Å². The lowest BCUT2D eigenvalue weighted by Gasteiger charge is -2.16. The molecule has 1 unspecified atom stereocenters. The van der Waals surface area contributed by atoms with Crippen molar-refractivity contribution in [3.8, 4) is 16.9 Å². The first-order chi connectivity index (χ1) is 16.1. The van der Waals surface area contributed by atoms with Crippen LogP contribution in [0.4, 0.5) is 17.6 Å². The van der Waals surface area contributed by atoms with Crippen LogP contribution in [0.5, 0.6) is 0 Å². The third-order valence-electron chi connectivity index (χ3n) is 4.91. The molecular weight excluding hydrogens is 454 g/mol. The third kappa shape index (κ3) is 4.60. The number of halogens is 4. The van der Waals surface area contributed by atoms with Gasteiger partial charge in [0.05, 0.1) is 34.9 Å². The van der Waals surface area contributed by atoms with Gasteiger partial charge in [-0.2, -0.15) is 18.3 Å². The number of aryl methyl sites for hydroxylation is 1. The Bertz CT molecular complexity index is 1320. The lowest BCUT2D eigenvalue weighted by Crippen LogP contribution is -2.28. The second-order valence-electron chi connectivity index (χ2n) is 7.39. The smallest absolute Gasteiger partial charge is 0.344 e. The van der Waals surface area contributed by atoms with E-state index in [9.17, 15) is 18.0 Å². The second-order valence-corrected chi connectivity index (χ2v) is 7.39. The number of nitrogens with zero attached hydrogens (tertiary/aromatic N) is 6. The van der Waals surface area contributed by atoms with Gasteiger partial charge in [-0.15, -0.1) is 0 Å². The maximum atomic E-state index is 15.5. The van der Waals surface area contributed by atoms with E-state index in [2.05, 4.69) is 30.4 Å². The van der Waals surface area contributed by atoms with E-state index in [1.165, 1.54) is 30.9 Å². The molecule has 0 saturated heterocycles. The van der Waals surface area contributed by atoms with Crippen molar-refractivity contribution in [2.75, 3.05) is 0 Å². The van der Waals surface area contributed by atoms with Crippen molar-refractivity contribution in [3.05, 3.63) is 83.8 Å². The molecule has 1 amide bonds. The van der Waals surface area contributed by atoms with Crippen molar-refractivity contribution in [2.24, 2.45) is 0 Å². The number of hydrogen-bond donors (Lipinski definition) is 1. The quantitative estimate of drug-likeness (QED) is 0.441. The molecule has 0 fully saturated rings. The number of pyridine rings is 1. The van der Waals surface area contributed by atoms with Gasteiger partial charge in [-0.3, -0.25) is 19.7 Å². The molecule has 174 valence electrons. The third-order valence-corrected chi connectivity index (χ3v) is 4.91. The van der Waals surface area contributed by atoms with Gasteiger partial charge < -0.3 is 5.32 Å². The Kier molecular flexibility index (Phi) is 6.05. The minimum absolute atomic E-state index is 0.134. The number of aromatic nitrogens is 6. The lowest BCUT2D eigenvalue weighted by atomic mass is 10.0. The van der Waals surface area contributed by atoms with Gasteiger partial charge in [-0.1, -0.05) is 6.07 Å². The van der Waals surface area contributed by atoms with Crippen LogP contribution in [-0.4, -0.2) is 35.6 Å². The van der Waals surface area contributed by atoms with Crippen LogP contribution in [-0.2, 0) is 6.18 Å². The molecule has 34 heavy (non-hydrogen) atoms. The van der Waals surface area contributed by atoms with E-state index in [-0.39, 0.29) is 16.9 Å². The molecule has 1 aromatic carbocycles. The highest BCUT2D eigenvalue weighted by molar-refractivity contribution is 5.96. The SMILES string of the molecule is Cc1ccc(-c2cc(-n3ncnc3C(F)(F)F)cc(C(=O)NC(C)c3cnccn3)c2F)nc1. The van der Waals surface area contributed by atoms with Crippen LogP contribution in [0.15, 0.2) is 55.4 Å². The van der Waals surface area contributed by atoms with E-state index < -0.39 is 35.3 Å². The van der Waals surface area contributed by atoms with Crippen molar-refractivity contribution in [2.45, 2.75) is 26.1 Å². The molecule has 0 aliphatic carbocycles. The molecule has 8 nitrogen and oxygen atoms in total. The summed E-state index contributed by atoms with van der Waals surface area (Å²) in [7, 11) is 0. The number of alkyl halides is 3. The fraction of sp³-hybridized carbons (Fsp3) is 0.182. The highest BCUT2D eigenvalue weighted by Gasteiger charge is 2.37. The molecule has 0 radical (unpaired) electrons. The van der Waals surface area contributed by atoms with E-state index in [4.69, 9.17) is 0 Å². The molecule has 1 atom stereocenters. The normalized spacial score (nSPS) is 12.4. The summed E-state index contributed by atoms with van der Waals surface area (Å²) < 4.78 is 56.3. The van der Waals surface area contributed by atoms with E-state index in [0.29, 0.717) is 10.4 Å². The fourth-order valence-electron chi connectivity index (χ4n) is 3.22. The van der Waals surface area contributed by atoms with Crippen molar-refractivity contribution >= 4 is 5.91 Å². The molecule has 4 rings (SSSR count). The van der Waals surface area contributed by atoms with Crippen molar-refractivity contribution in [1.29, 1.82) is 0 Å². The van der Waals surface area contributed by atoms with E-state index in [1.807, 2.05) is 0 Å². The lowest BCUT2D eigenvalue weighted by molar-refractivity contribution is -0.146. The van der Waals surface area contributed by atoms with Crippen LogP contribution in [0, 0.1) is 12.7 Å². The Labute approximate surface area is 190 Å². The largest absolute Gasteiger partial charge is 0.451 e. The summed E-state index contributed by atoms with van der Waals surface area (Å²) in [5, 5.41) is 6.22. The molecule has 0 spiro atoms. The average molecular weight is 471 g/mol. The summed E-state index contributed by atoms with van der Waals surface area (Å²) in [6.45, 7) is 3.40. The molecule has 1 N–H and O–H groups in total. The van der Waals surface area contributed by atoms with Gasteiger partial charge in [-0.25, -0.2) is 14.1 Å². The minimum atomic E-state index is -4.82. The molecule has 12 heteroatoms. The van der Waals surface area contributed by atoms with Gasteiger partial charge in [0.15, 0.2) is 0 Å². The first-order valence-electron chi connectivity index (χ1n) is 9.96. The summed E-state index contributed by atoms with van der Waals surface area (Å²) in [4.78, 5) is 28.4. The molecule has 3 aromatic heterocycles. The summed E-state index contributed by atoms with van der Waals surface area (Å²) in [5.41, 5.74) is 0.485. The van der Waals surface area contributed by atoms with Crippen LogP contribution in [0.25, 0.3) is 16.9 Å². The molecule has 0 aliphatic rings. The van der Waals surface area contributed by atoms with Crippen LogP contribution >= 0.6 is 0 Å². The Balaban J connectivity index is 1.83. The number of carbonyl (C=O) groups excluding carboxylic acids is 1. The van der Waals surface area contributed by atoms with Crippen molar-refractivity contribution in [3.63, 3.8) is 0 Å². The highest BCUT2D eigenvalue weighted by atomic mass is 19.4. The van der Waals surface area contributed by atoms with Gasteiger partial charge in [0.2, 0.25) is 5.82 Å². The second kappa shape index (κ2) is 8.96. The highest BCUT2D eigenvalue weighted by Crippen LogP contribution is 2.32. The topological polar surface area (TPSA) is 98.5 Å². The number of amides is 1. The molecule has 3 heterocycles. The standard InChI is InChI=1S/C22H17F4N7O/c1-12-3-4-17(29-9-12)15-7-14(33-21(22(24,25)26)30-11-31-33)8-16(19(15)23)20(34)32-13(2)18-10-27-5-6-28-18/h3-11,13H,1-2H3,(H,32,34).